The van der Waals surface area contributed by atoms with Gasteiger partial charge in [0, 0.05) is 25.7 Å². The van der Waals surface area contributed by atoms with Gasteiger partial charge in [0.1, 0.15) is 0 Å². The van der Waals surface area contributed by atoms with Gasteiger partial charge in [0.15, 0.2) is 0 Å². The number of ether oxygens (including phenoxy) is 2. The lowest BCUT2D eigenvalue weighted by molar-refractivity contribution is 0.0547. The molecule has 1 aliphatic rings. The fourth-order valence-corrected chi connectivity index (χ4v) is 2.12. The molecule has 9 nitrogen and oxygen atoms in total. The molecule has 5 N–H and O–H groups in total. The van der Waals surface area contributed by atoms with Crippen LogP contribution in [0.5, 0.6) is 0 Å². The molecule has 0 saturated heterocycles. The lowest BCUT2D eigenvalue weighted by Gasteiger charge is -2.12. The average molecular weight is 367 g/mol. The van der Waals surface area contributed by atoms with Crippen LogP contribution in [0.3, 0.4) is 0 Å². The fraction of sp³-hybridized carbons (Fsp3) is 0.824. The first-order valence-electron chi connectivity index (χ1n) is 9.53. The largest absolute Gasteiger partial charge is 0.378 e. The highest BCUT2D eigenvalue weighted by atomic mass is 16.5. The molecule has 0 aromatic carbocycles. The molecule has 2 rings (SSSR count). The predicted molar refractivity (Wildman–Crippen MR) is 104 cm³/mol. The van der Waals surface area contributed by atoms with Gasteiger partial charge in [-0.3, -0.25) is 0 Å². The van der Waals surface area contributed by atoms with Crippen LogP contribution in [-0.2, 0) is 9.47 Å². The summed E-state index contributed by atoms with van der Waals surface area (Å²) >= 11 is 0. The Labute approximate surface area is 155 Å². The number of nitrogens with zero attached hydrogens (tertiary/aromatic N) is 3. The lowest BCUT2D eigenvalue weighted by atomic mass is 10.1. The highest BCUT2D eigenvalue weighted by molar-refractivity contribution is 5.43. The maximum absolute atomic E-state index is 5.50. The van der Waals surface area contributed by atoms with Crippen LogP contribution in [0.15, 0.2) is 0 Å². The molecule has 1 saturated carbocycles. The SMILES string of the molecule is CC(C)CCNc1nc(NCCOCCOCCN)nc(NC2CC2)n1. The second-order valence-electron chi connectivity index (χ2n) is 6.77. The summed E-state index contributed by atoms with van der Waals surface area (Å²) in [5, 5.41) is 9.80. The number of nitrogens with one attached hydrogen (secondary N) is 3. The molecule has 9 heteroatoms. The van der Waals surface area contributed by atoms with Gasteiger partial charge >= 0.3 is 0 Å². The maximum atomic E-state index is 5.50. The van der Waals surface area contributed by atoms with Gasteiger partial charge in [-0.05, 0) is 25.2 Å². The monoisotopic (exact) mass is 367 g/mol. The molecule has 1 aliphatic carbocycles. The van der Waals surface area contributed by atoms with Crippen molar-refractivity contribution in [1.29, 1.82) is 0 Å². The summed E-state index contributed by atoms with van der Waals surface area (Å²) in [7, 11) is 0. The molecule has 1 heterocycles. The van der Waals surface area contributed by atoms with Gasteiger partial charge in [-0.2, -0.15) is 15.0 Å². The zero-order valence-electron chi connectivity index (χ0n) is 16.0. The van der Waals surface area contributed by atoms with Crippen LogP contribution in [0.25, 0.3) is 0 Å². The van der Waals surface area contributed by atoms with Gasteiger partial charge in [-0.25, -0.2) is 0 Å². The number of aromatic nitrogens is 3. The van der Waals surface area contributed by atoms with Crippen molar-refractivity contribution in [3.8, 4) is 0 Å². The average Bonchev–Trinajstić information content (AvgIpc) is 3.41. The van der Waals surface area contributed by atoms with Crippen molar-refractivity contribution in [2.24, 2.45) is 11.7 Å². The van der Waals surface area contributed by atoms with E-state index in [2.05, 4.69) is 44.7 Å². The molecule has 0 atom stereocenters. The lowest BCUT2D eigenvalue weighted by Crippen LogP contribution is -2.17. The van der Waals surface area contributed by atoms with Crippen LogP contribution in [0.1, 0.15) is 33.1 Å². The Morgan fingerprint density at radius 3 is 2.15 bits per heavy atom. The van der Waals surface area contributed by atoms with Crippen molar-refractivity contribution >= 4 is 17.8 Å². The molecule has 26 heavy (non-hydrogen) atoms. The second-order valence-corrected chi connectivity index (χ2v) is 6.77. The third-order valence-corrected chi connectivity index (χ3v) is 3.71. The Balaban J connectivity index is 1.75. The highest BCUT2D eigenvalue weighted by Gasteiger charge is 2.22. The van der Waals surface area contributed by atoms with Crippen molar-refractivity contribution in [2.45, 2.75) is 39.2 Å². The van der Waals surface area contributed by atoms with Crippen LogP contribution in [0.4, 0.5) is 17.8 Å². The summed E-state index contributed by atoms with van der Waals surface area (Å²) in [6.07, 6.45) is 3.41. The molecular formula is C17H33N7O2. The number of nitrogens with two attached hydrogens (primary N) is 1. The molecule has 0 radical (unpaired) electrons. The van der Waals surface area contributed by atoms with E-state index in [-0.39, 0.29) is 0 Å². The van der Waals surface area contributed by atoms with Crippen molar-refractivity contribution in [2.75, 3.05) is 62.0 Å². The van der Waals surface area contributed by atoms with Crippen LogP contribution in [-0.4, -0.2) is 67.1 Å². The van der Waals surface area contributed by atoms with Crippen molar-refractivity contribution in [3.63, 3.8) is 0 Å². The molecule has 148 valence electrons. The standard InChI is InChI=1S/C17H33N7O2/c1-13(2)5-7-19-15-22-16(24-17(23-15)21-14-3-4-14)20-8-10-26-12-11-25-9-6-18/h13-14H,3-12,18H2,1-2H3,(H3,19,20,21,22,23,24). The van der Waals surface area contributed by atoms with E-state index < -0.39 is 0 Å². The molecule has 1 fully saturated rings. The number of rotatable bonds is 15. The molecule has 0 aliphatic heterocycles. The zero-order chi connectivity index (χ0) is 18.6. The van der Waals surface area contributed by atoms with Gasteiger partial charge in [0.25, 0.3) is 0 Å². The van der Waals surface area contributed by atoms with E-state index in [4.69, 9.17) is 15.2 Å². The van der Waals surface area contributed by atoms with E-state index in [1.807, 2.05) is 0 Å². The molecule has 0 amide bonds. The quantitative estimate of drug-likeness (QED) is 0.340. The van der Waals surface area contributed by atoms with E-state index in [0.717, 1.165) is 13.0 Å². The summed E-state index contributed by atoms with van der Waals surface area (Å²) in [5.74, 6) is 2.41. The molecular weight excluding hydrogens is 334 g/mol. The Bertz CT molecular complexity index is 512. The predicted octanol–water partition coefficient (Wildman–Crippen LogP) is 1.31. The van der Waals surface area contributed by atoms with E-state index in [1.54, 1.807) is 0 Å². The van der Waals surface area contributed by atoms with Gasteiger partial charge in [0.2, 0.25) is 17.8 Å². The van der Waals surface area contributed by atoms with Crippen molar-refractivity contribution in [3.05, 3.63) is 0 Å². The minimum absolute atomic E-state index is 0.491. The molecule has 0 bridgehead atoms. The summed E-state index contributed by atoms with van der Waals surface area (Å²) < 4.78 is 10.8. The summed E-state index contributed by atoms with van der Waals surface area (Å²) in [6.45, 7) is 8.62. The number of anilines is 3. The van der Waals surface area contributed by atoms with Gasteiger partial charge in [-0.15, -0.1) is 0 Å². The Kier molecular flexibility index (Phi) is 9.36. The number of hydrogen-bond donors (Lipinski definition) is 4. The molecule has 1 aromatic heterocycles. The van der Waals surface area contributed by atoms with Gasteiger partial charge < -0.3 is 31.2 Å². The van der Waals surface area contributed by atoms with Crippen LogP contribution < -0.4 is 21.7 Å². The third-order valence-electron chi connectivity index (χ3n) is 3.71. The van der Waals surface area contributed by atoms with Crippen LogP contribution in [0, 0.1) is 5.92 Å². The topological polar surface area (TPSA) is 119 Å². The third kappa shape index (κ3) is 9.12. The highest BCUT2D eigenvalue weighted by Crippen LogP contribution is 2.23. The summed E-state index contributed by atoms with van der Waals surface area (Å²) in [5.41, 5.74) is 5.35. The fourth-order valence-electron chi connectivity index (χ4n) is 2.12. The summed E-state index contributed by atoms with van der Waals surface area (Å²) in [6, 6.07) is 0.491. The minimum Gasteiger partial charge on any atom is -0.378 e. The van der Waals surface area contributed by atoms with Crippen LogP contribution >= 0.6 is 0 Å². The minimum atomic E-state index is 0.491. The summed E-state index contributed by atoms with van der Waals surface area (Å²) in [4.78, 5) is 13.3. The molecule has 1 aromatic rings. The van der Waals surface area contributed by atoms with E-state index in [9.17, 15) is 0 Å². The van der Waals surface area contributed by atoms with Gasteiger partial charge in [0.05, 0.1) is 26.4 Å². The molecule has 0 spiro atoms. The van der Waals surface area contributed by atoms with Crippen molar-refractivity contribution < 1.29 is 9.47 Å². The first-order chi connectivity index (χ1) is 12.7. The number of hydrogen-bond acceptors (Lipinski definition) is 9. The first-order valence-corrected chi connectivity index (χ1v) is 9.53. The van der Waals surface area contributed by atoms with Crippen LogP contribution in [0.2, 0.25) is 0 Å². The van der Waals surface area contributed by atoms with Crippen molar-refractivity contribution in [1.82, 2.24) is 15.0 Å². The van der Waals surface area contributed by atoms with E-state index in [0.29, 0.717) is 69.3 Å². The smallest absolute Gasteiger partial charge is 0.229 e. The van der Waals surface area contributed by atoms with E-state index in [1.165, 1.54) is 12.8 Å². The zero-order valence-corrected chi connectivity index (χ0v) is 16.0. The maximum Gasteiger partial charge on any atom is 0.229 e. The normalized spacial score (nSPS) is 13.8. The molecule has 0 unspecified atom stereocenters. The Hall–Kier alpha value is -1.71. The van der Waals surface area contributed by atoms with Gasteiger partial charge in [-0.1, -0.05) is 13.8 Å². The van der Waals surface area contributed by atoms with E-state index >= 15 is 0 Å². The first kappa shape index (κ1) is 20.6. The Morgan fingerprint density at radius 2 is 1.54 bits per heavy atom. The second kappa shape index (κ2) is 11.8. The Morgan fingerprint density at radius 1 is 0.923 bits per heavy atom.